The summed E-state index contributed by atoms with van der Waals surface area (Å²) in [5, 5.41) is 9.78. The van der Waals surface area contributed by atoms with E-state index in [1.54, 1.807) is 18.2 Å². The van der Waals surface area contributed by atoms with Crippen LogP contribution in [0.5, 0.6) is 0 Å². The lowest BCUT2D eigenvalue weighted by molar-refractivity contribution is 0.0692. The lowest BCUT2D eigenvalue weighted by atomic mass is 10.1. The van der Waals surface area contributed by atoms with E-state index in [2.05, 4.69) is 4.98 Å². The minimum absolute atomic E-state index is 0.222. The molecule has 0 spiro atoms. The fourth-order valence-corrected chi connectivity index (χ4v) is 3.21. The molecule has 1 N–H and O–H groups in total. The van der Waals surface area contributed by atoms with Crippen molar-refractivity contribution in [1.29, 1.82) is 0 Å². The summed E-state index contributed by atoms with van der Waals surface area (Å²) in [4.78, 5) is 16.6. The van der Waals surface area contributed by atoms with E-state index in [0.717, 1.165) is 35.4 Å². The highest BCUT2D eigenvalue weighted by Crippen LogP contribution is 2.32. The van der Waals surface area contributed by atoms with Gasteiger partial charge in [0.1, 0.15) is 10.8 Å². The molecule has 0 unspecified atom stereocenters. The van der Waals surface area contributed by atoms with Crippen molar-refractivity contribution in [3.8, 4) is 0 Å². The first-order chi connectivity index (χ1) is 9.63. The van der Waals surface area contributed by atoms with E-state index in [-0.39, 0.29) is 11.4 Å². The first kappa shape index (κ1) is 13.1. The van der Waals surface area contributed by atoms with Gasteiger partial charge in [0, 0.05) is 10.6 Å². The van der Waals surface area contributed by atoms with Gasteiger partial charge in [-0.2, -0.15) is 0 Å². The smallest absolute Gasteiger partial charge is 0.338 e. The number of rotatable bonds is 3. The third kappa shape index (κ3) is 2.54. The van der Waals surface area contributed by atoms with E-state index in [4.69, 9.17) is 0 Å². The molecule has 0 saturated heterocycles. The van der Waals surface area contributed by atoms with Crippen LogP contribution in [0.1, 0.15) is 28.0 Å². The molecule has 0 amide bonds. The summed E-state index contributed by atoms with van der Waals surface area (Å²) < 4.78 is 12.9. The minimum atomic E-state index is -0.975. The quantitative estimate of drug-likeness (QED) is 0.938. The molecule has 20 heavy (non-hydrogen) atoms. The maximum absolute atomic E-state index is 12.9. The summed E-state index contributed by atoms with van der Waals surface area (Å²) >= 11 is 1.26. The van der Waals surface area contributed by atoms with Crippen molar-refractivity contribution >= 4 is 17.7 Å². The molecule has 3 rings (SSSR count). The number of carbonyl (C=O) groups is 1. The SMILES string of the molecule is O=C(O)c1cc2c(nc1Sc1ccc(F)cc1)CCC2. The Morgan fingerprint density at radius 1 is 1.25 bits per heavy atom. The Labute approximate surface area is 119 Å². The largest absolute Gasteiger partial charge is 0.478 e. The molecule has 1 heterocycles. The Morgan fingerprint density at radius 2 is 2.00 bits per heavy atom. The zero-order valence-corrected chi connectivity index (χ0v) is 11.4. The predicted octanol–water partition coefficient (Wildman–Crippen LogP) is 3.56. The zero-order chi connectivity index (χ0) is 14.1. The first-order valence-corrected chi connectivity index (χ1v) is 7.14. The van der Waals surface area contributed by atoms with Crippen molar-refractivity contribution in [2.75, 3.05) is 0 Å². The normalized spacial score (nSPS) is 13.2. The van der Waals surface area contributed by atoms with Gasteiger partial charge in [0.25, 0.3) is 0 Å². The molecule has 102 valence electrons. The summed E-state index contributed by atoms with van der Waals surface area (Å²) in [7, 11) is 0. The summed E-state index contributed by atoms with van der Waals surface area (Å²) in [5.41, 5.74) is 2.24. The number of halogens is 1. The maximum atomic E-state index is 12.9. The number of hydrogen-bond donors (Lipinski definition) is 1. The lowest BCUT2D eigenvalue weighted by Crippen LogP contribution is -2.04. The van der Waals surface area contributed by atoms with Crippen LogP contribution in [0.15, 0.2) is 40.3 Å². The molecule has 0 saturated carbocycles. The average Bonchev–Trinajstić information content (AvgIpc) is 2.87. The van der Waals surface area contributed by atoms with Gasteiger partial charge in [-0.15, -0.1) is 0 Å². The molecular formula is C15H12FNO2S. The van der Waals surface area contributed by atoms with Crippen LogP contribution in [0.2, 0.25) is 0 Å². The number of carboxylic acid groups (broad SMARTS) is 1. The van der Waals surface area contributed by atoms with Crippen molar-refractivity contribution in [3.63, 3.8) is 0 Å². The second-order valence-electron chi connectivity index (χ2n) is 4.66. The fourth-order valence-electron chi connectivity index (χ4n) is 2.30. The Bertz CT molecular complexity index is 670. The highest BCUT2D eigenvalue weighted by Gasteiger charge is 2.20. The van der Waals surface area contributed by atoms with Crippen LogP contribution in [0, 0.1) is 5.82 Å². The number of fused-ring (bicyclic) bond motifs is 1. The molecular weight excluding hydrogens is 277 g/mol. The third-order valence-electron chi connectivity index (χ3n) is 3.27. The molecule has 1 aliphatic rings. The topological polar surface area (TPSA) is 50.2 Å². The molecule has 0 atom stereocenters. The molecule has 0 aliphatic heterocycles. The van der Waals surface area contributed by atoms with E-state index in [9.17, 15) is 14.3 Å². The maximum Gasteiger partial charge on any atom is 0.338 e. The number of benzene rings is 1. The van der Waals surface area contributed by atoms with Gasteiger partial charge in [-0.05, 0) is 55.2 Å². The van der Waals surface area contributed by atoms with E-state index in [1.165, 1.54) is 23.9 Å². The molecule has 1 aromatic heterocycles. The number of hydrogen-bond acceptors (Lipinski definition) is 3. The average molecular weight is 289 g/mol. The zero-order valence-electron chi connectivity index (χ0n) is 10.6. The summed E-state index contributed by atoms with van der Waals surface area (Å²) in [5.74, 6) is -1.29. The molecule has 0 radical (unpaired) electrons. The Balaban J connectivity index is 1.99. The second kappa shape index (κ2) is 5.25. The predicted molar refractivity (Wildman–Crippen MR) is 73.7 cm³/mol. The number of pyridine rings is 1. The van der Waals surface area contributed by atoms with Gasteiger partial charge in [-0.25, -0.2) is 14.2 Å². The van der Waals surface area contributed by atoms with Crippen molar-refractivity contribution < 1.29 is 14.3 Å². The highest BCUT2D eigenvalue weighted by atomic mass is 32.2. The molecule has 1 aliphatic carbocycles. The van der Waals surface area contributed by atoms with Crippen molar-refractivity contribution in [2.45, 2.75) is 29.2 Å². The van der Waals surface area contributed by atoms with E-state index in [1.807, 2.05) is 0 Å². The van der Waals surface area contributed by atoms with Crippen molar-refractivity contribution in [1.82, 2.24) is 4.98 Å². The van der Waals surface area contributed by atoms with Gasteiger partial charge in [-0.1, -0.05) is 11.8 Å². The molecule has 2 aromatic rings. The van der Waals surface area contributed by atoms with Gasteiger partial charge in [0.05, 0.1) is 5.56 Å². The standard InChI is InChI=1S/C15H12FNO2S/c16-10-4-6-11(7-5-10)20-14-12(15(18)19)8-9-2-1-3-13(9)17-14/h4-8H,1-3H2,(H,18,19). The molecule has 1 aromatic carbocycles. The number of aromatic carboxylic acids is 1. The van der Waals surface area contributed by atoms with Gasteiger partial charge in [0.15, 0.2) is 0 Å². The Kier molecular flexibility index (Phi) is 3.44. The number of nitrogens with zero attached hydrogens (tertiary/aromatic N) is 1. The number of aromatic nitrogens is 1. The van der Waals surface area contributed by atoms with Crippen LogP contribution >= 0.6 is 11.8 Å². The number of aryl methyl sites for hydroxylation is 2. The van der Waals surface area contributed by atoms with E-state index >= 15 is 0 Å². The van der Waals surface area contributed by atoms with Crippen molar-refractivity contribution in [3.05, 3.63) is 53.0 Å². The molecule has 0 fully saturated rings. The third-order valence-corrected chi connectivity index (χ3v) is 4.29. The minimum Gasteiger partial charge on any atom is -0.478 e. The van der Waals surface area contributed by atoms with Crippen molar-refractivity contribution in [2.24, 2.45) is 0 Å². The molecule has 5 heteroatoms. The van der Waals surface area contributed by atoms with Crippen LogP contribution in [0.25, 0.3) is 0 Å². The van der Waals surface area contributed by atoms with Gasteiger partial charge < -0.3 is 5.11 Å². The molecule has 0 bridgehead atoms. The van der Waals surface area contributed by atoms with Gasteiger partial charge >= 0.3 is 5.97 Å². The summed E-state index contributed by atoms with van der Waals surface area (Å²) in [6.45, 7) is 0. The first-order valence-electron chi connectivity index (χ1n) is 6.33. The van der Waals surface area contributed by atoms with Gasteiger partial charge in [-0.3, -0.25) is 0 Å². The molecule has 3 nitrogen and oxygen atoms in total. The van der Waals surface area contributed by atoms with E-state index in [0.29, 0.717) is 5.03 Å². The monoisotopic (exact) mass is 289 g/mol. The van der Waals surface area contributed by atoms with Crippen LogP contribution in [0.4, 0.5) is 4.39 Å². The van der Waals surface area contributed by atoms with Crippen LogP contribution in [0.3, 0.4) is 0 Å². The summed E-state index contributed by atoms with van der Waals surface area (Å²) in [6.07, 6.45) is 2.81. The second-order valence-corrected chi connectivity index (χ2v) is 5.72. The van der Waals surface area contributed by atoms with Crippen LogP contribution < -0.4 is 0 Å². The lowest BCUT2D eigenvalue weighted by Gasteiger charge is -2.08. The fraction of sp³-hybridized carbons (Fsp3) is 0.200. The number of carboxylic acids is 1. The highest BCUT2D eigenvalue weighted by molar-refractivity contribution is 7.99. The summed E-state index contributed by atoms with van der Waals surface area (Å²) in [6, 6.07) is 7.69. The van der Waals surface area contributed by atoms with Crippen LogP contribution in [-0.2, 0) is 12.8 Å². The van der Waals surface area contributed by atoms with Gasteiger partial charge in [0.2, 0.25) is 0 Å². The van der Waals surface area contributed by atoms with E-state index < -0.39 is 5.97 Å². The Hall–Kier alpha value is -1.88. The Morgan fingerprint density at radius 3 is 2.70 bits per heavy atom. The van der Waals surface area contributed by atoms with Crippen LogP contribution in [-0.4, -0.2) is 16.1 Å².